The van der Waals surface area contributed by atoms with Crippen LogP contribution in [-0.2, 0) is 4.74 Å². The number of rotatable bonds is 2. The van der Waals surface area contributed by atoms with E-state index in [-0.39, 0.29) is 5.72 Å². The van der Waals surface area contributed by atoms with E-state index in [9.17, 15) is 0 Å². The summed E-state index contributed by atoms with van der Waals surface area (Å²) in [6.45, 7) is 9.56. The van der Waals surface area contributed by atoms with Gasteiger partial charge in [-0.05, 0) is 19.3 Å². The minimum Gasteiger partial charge on any atom is -0.359 e. The average Bonchev–Trinajstić information content (AvgIpc) is 2.33. The zero-order chi connectivity index (χ0) is 8.48. The number of ether oxygens (including phenoxy) is 1. The SMILES string of the molecule is CCC1COC(C)(C(C)C)N1. The molecule has 11 heavy (non-hydrogen) atoms. The van der Waals surface area contributed by atoms with Crippen LogP contribution in [0.15, 0.2) is 0 Å². The fraction of sp³-hybridized carbons (Fsp3) is 1.00. The standard InChI is InChI=1S/C9H19NO/c1-5-8-6-11-9(4,10-8)7(2)3/h7-8,10H,5-6H2,1-4H3. The molecule has 2 unspecified atom stereocenters. The second kappa shape index (κ2) is 3.11. The lowest BCUT2D eigenvalue weighted by Gasteiger charge is -2.28. The molecule has 1 aliphatic heterocycles. The Balaban J connectivity index is 2.50. The molecule has 0 spiro atoms. The third kappa shape index (κ3) is 1.74. The Morgan fingerprint density at radius 1 is 1.64 bits per heavy atom. The van der Waals surface area contributed by atoms with E-state index in [0.717, 1.165) is 13.0 Å². The second-order valence-corrected chi connectivity index (χ2v) is 3.82. The smallest absolute Gasteiger partial charge is 0.119 e. The Kier molecular flexibility index (Phi) is 2.55. The van der Waals surface area contributed by atoms with Gasteiger partial charge < -0.3 is 4.74 Å². The molecule has 2 atom stereocenters. The molecule has 1 rings (SSSR count). The summed E-state index contributed by atoms with van der Waals surface area (Å²) < 4.78 is 5.69. The molecular formula is C9H19NO. The number of nitrogens with one attached hydrogen (secondary N) is 1. The highest BCUT2D eigenvalue weighted by Gasteiger charge is 2.36. The largest absolute Gasteiger partial charge is 0.359 e. The first-order valence-corrected chi connectivity index (χ1v) is 4.50. The molecule has 0 aromatic heterocycles. The lowest BCUT2D eigenvalue weighted by molar-refractivity contribution is -0.0312. The molecule has 0 amide bonds. The average molecular weight is 157 g/mol. The van der Waals surface area contributed by atoms with Gasteiger partial charge in [-0.2, -0.15) is 0 Å². The summed E-state index contributed by atoms with van der Waals surface area (Å²) in [5, 5.41) is 3.49. The van der Waals surface area contributed by atoms with Gasteiger partial charge in [0, 0.05) is 6.04 Å². The Morgan fingerprint density at radius 3 is 2.55 bits per heavy atom. The highest BCUT2D eigenvalue weighted by Crippen LogP contribution is 2.24. The minimum atomic E-state index is -0.0827. The van der Waals surface area contributed by atoms with Gasteiger partial charge in [-0.3, -0.25) is 5.32 Å². The number of hydrogen-bond donors (Lipinski definition) is 1. The van der Waals surface area contributed by atoms with E-state index in [1.54, 1.807) is 0 Å². The summed E-state index contributed by atoms with van der Waals surface area (Å²) >= 11 is 0. The van der Waals surface area contributed by atoms with Crippen molar-refractivity contribution in [3.8, 4) is 0 Å². The van der Waals surface area contributed by atoms with Crippen molar-refractivity contribution in [2.75, 3.05) is 6.61 Å². The predicted octanol–water partition coefficient (Wildman–Crippen LogP) is 1.76. The van der Waals surface area contributed by atoms with Gasteiger partial charge in [0.1, 0.15) is 5.72 Å². The number of hydrogen-bond acceptors (Lipinski definition) is 2. The molecule has 2 heteroatoms. The highest BCUT2D eigenvalue weighted by molar-refractivity contribution is 4.86. The van der Waals surface area contributed by atoms with E-state index in [1.165, 1.54) is 0 Å². The van der Waals surface area contributed by atoms with Crippen molar-refractivity contribution in [1.82, 2.24) is 5.32 Å². The predicted molar refractivity (Wildman–Crippen MR) is 46.4 cm³/mol. The highest BCUT2D eigenvalue weighted by atomic mass is 16.5. The van der Waals surface area contributed by atoms with Crippen LogP contribution < -0.4 is 5.32 Å². The van der Waals surface area contributed by atoms with Crippen LogP contribution in [0.3, 0.4) is 0 Å². The summed E-state index contributed by atoms with van der Waals surface area (Å²) in [5.74, 6) is 0.541. The monoisotopic (exact) mass is 157 g/mol. The Labute approximate surface area is 69.3 Å². The molecule has 0 aromatic carbocycles. The first kappa shape index (κ1) is 9.01. The fourth-order valence-corrected chi connectivity index (χ4v) is 1.32. The topological polar surface area (TPSA) is 21.3 Å². The van der Waals surface area contributed by atoms with E-state index in [2.05, 4.69) is 33.0 Å². The van der Waals surface area contributed by atoms with Crippen LogP contribution in [0.2, 0.25) is 0 Å². The van der Waals surface area contributed by atoms with Gasteiger partial charge in [0.25, 0.3) is 0 Å². The lowest BCUT2D eigenvalue weighted by Crippen LogP contribution is -2.45. The Bertz CT molecular complexity index is 136. The fourth-order valence-electron chi connectivity index (χ4n) is 1.32. The molecule has 1 fully saturated rings. The maximum absolute atomic E-state index is 5.69. The Morgan fingerprint density at radius 2 is 2.27 bits per heavy atom. The van der Waals surface area contributed by atoms with E-state index in [1.807, 2.05) is 0 Å². The van der Waals surface area contributed by atoms with Gasteiger partial charge in [-0.25, -0.2) is 0 Å². The molecule has 0 aromatic rings. The van der Waals surface area contributed by atoms with E-state index < -0.39 is 0 Å². The maximum atomic E-state index is 5.69. The van der Waals surface area contributed by atoms with Crippen LogP contribution in [0.4, 0.5) is 0 Å². The molecule has 1 saturated heterocycles. The maximum Gasteiger partial charge on any atom is 0.119 e. The van der Waals surface area contributed by atoms with E-state index in [4.69, 9.17) is 4.74 Å². The van der Waals surface area contributed by atoms with Crippen molar-refractivity contribution >= 4 is 0 Å². The summed E-state index contributed by atoms with van der Waals surface area (Å²) in [6.07, 6.45) is 1.16. The van der Waals surface area contributed by atoms with Crippen molar-refractivity contribution in [3.05, 3.63) is 0 Å². The van der Waals surface area contributed by atoms with Crippen LogP contribution in [-0.4, -0.2) is 18.4 Å². The molecule has 1 heterocycles. The van der Waals surface area contributed by atoms with Gasteiger partial charge in [-0.1, -0.05) is 20.8 Å². The van der Waals surface area contributed by atoms with Crippen LogP contribution >= 0.6 is 0 Å². The zero-order valence-corrected chi connectivity index (χ0v) is 7.98. The van der Waals surface area contributed by atoms with Gasteiger partial charge in [0.05, 0.1) is 6.61 Å². The molecule has 0 radical (unpaired) electrons. The second-order valence-electron chi connectivity index (χ2n) is 3.82. The van der Waals surface area contributed by atoms with Crippen molar-refractivity contribution in [3.63, 3.8) is 0 Å². The third-order valence-electron chi connectivity index (χ3n) is 2.67. The van der Waals surface area contributed by atoms with Gasteiger partial charge in [0.15, 0.2) is 0 Å². The van der Waals surface area contributed by atoms with Crippen LogP contribution in [0, 0.1) is 5.92 Å². The molecule has 1 aliphatic rings. The first-order valence-electron chi connectivity index (χ1n) is 4.50. The van der Waals surface area contributed by atoms with E-state index >= 15 is 0 Å². The quantitative estimate of drug-likeness (QED) is 0.659. The molecule has 0 bridgehead atoms. The molecular weight excluding hydrogens is 138 g/mol. The molecule has 2 nitrogen and oxygen atoms in total. The summed E-state index contributed by atoms with van der Waals surface area (Å²) in [4.78, 5) is 0. The van der Waals surface area contributed by atoms with Crippen molar-refractivity contribution < 1.29 is 4.74 Å². The molecule has 0 aliphatic carbocycles. The summed E-state index contributed by atoms with van der Waals surface area (Å²) in [7, 11) is 0. The minimum absolute atomic E-state index is 0.0827. The van der Waals surface area contributed by atoms with Crippen LogP contribution in [0.1, 0.15) is 34.1 Å². The molecule has 1 N–H and O–H groups in total. The van der Waals surface area contributed by atoms with Crippen LogP contribution in [0.5, 0.6) is 0 Å². The third-order valence-corrected chi connectivity index (χ3v) is 2.67. The van der Waals surface area contributed by atoms with E-state index in [0.29, 0.717) is 12.0 Å². The summed E-state index contributed by atoms with van der Waals surface area (Å²) in [5.41, 5.74) is -0.0827. The summed E-state index contributed by atoms with van der Waals surface area (Å²) in [6, 6.07) is 0.558. The van der Waals surface area contributed by atoms with Crippen molar-refractivity contribution in [2.24, 2.45) is 5.92 Å². The molecule has 66 valence electrons. The normalized spacial score (nSPS) is 38.5. The Hall–Kier alpha value is -0.0800. The van der Waals surface area contributed by atoms with Gasteiger partial charge in [-0.15, -0.1) is 0 Å². The lowest BCUT2D eigenvalue weighted by atomic mass is 10.0. The van der Waals surface area contributed by atoms with Gasteiger partial charge in [0.2, 0.25) is 0 Å². The zero-order valence-electron chi connectivity index (χ0n) is 7.98. The first-order chi connectivity index (χ1) is 5.08. The van der Waals surface area contributed by atoms with Crippen molar-refractivity contribution in [1.29, 1.82) is 0 Å². The van der Waals surface area contributed by atoms with Crippen LogP contribution in [0.25, 0.3) is 0 Å². The van der Waals surface area contributed by atoms with Crippen molar-refractivity contribution in [2.45, 2.75) is 45.9 Å². The molecule has 0 saturated carbocycles. The van der Waals surface area contributed by atoms with Gasteiger partial charge >= 0.3 is 0 Å².